The van der Waals surface area contributed by atoms with Crippen molar-refractivity contribution < 1.29 is 9.09 Å². The Morgan fingerprint density at radius 2 is 2.50 bits per heavy atom. The normalized spacial score (nSPS) is 32.4. The van der Waals surface area contributed by atoms with E-state index in [9.17, 15) is 4.57 Å². The van der Waals surface area contributed by atoms with Gasteiger partial charge in [-0.2, -0.15) is 0 Å². The Kier molecular flexibility index (Phi) is 2.32. The van der Waals surface area contributed by atoms with Gasteiger partial charge in [-0.15, -0.1) is 0 Å². The quantitative estimate of drug-likeness (QED) is 0.580. The van der Waals surface area contributed by atoms with E-state index in [1.165, 1.54) is 5.57 Å². The molecule has 0 bridgehead atoms. The Labute approximate surface area is 61.7 Å². The molecule has 1 atom stereocenters. The van der Waals surface area contributed by atoms with Gasteiger partial charge in [-0.05, 0) is 26.1 Å². The van der Waals surface area contributed by atoms with Gasteiger partial charge in [0.2, 0.25) is 7.37 Å². The molecule has 0 amide bonds. The second kappa shape index (κ2) is 2.89. The molecule has 0 radical (unpaired) electrons. The molecule has 1 unspecified atom stereocenters. The lowest BCUT2D eigenvalue weighted by atomic mass is 10.3. The van der Waals surface area contributed by atoms with E-state index in [4.69, 9.17) is 4.52 Å². The van der Waals surface area contributed by atoms with E-state index >= 15 is 0 Å². The minimum absolute atomic E-state index is 0.557. The number of allylic oxidation sites excluding steroid dienone is 1. The molecule has 2 nitrogen and oxygen atoms in total. The van der Waals surface area contributed by atoms with Crippen LogP contribution in [0.25, 0.3) is 0 Å². The molecule has 1 aliphatic heterocycles. The number of rotatable bonds is 2. The lowest BCUT2D eigenvalue weighted by Gasteiger charge is -2.06. The Morgan fingerprint density at radius 1 is 1.80 bits per heavy atom. The van der Waals surface area contributed by atoms with Crippen molar-refractivity contribution in [2.75, 3.05) is 12.8 Å². The van der Waals surface area contributed by atoms with Gasteiger partial charge in [-0.25, -0.2) is 0 Å². The summed E-state index contributed by atoms with van der Waals surface area (Å²) in [6.07, 6.45) is 1.66. The maximum atomic E-state index is 11.5. The second-order valence-corrected chi connectivity index (χ2v) is 5.01. The van der Waals surface area contributed by atoms with E-state index in [0.29, 0.717) is 12.8 Å². The maximum absolute atomic E-state index is 11.5. The van der Waals surface area contributed by atoms with Crippen molar-refractivity contribution in [1.29, 1.82) is 0 Å². The highest BCUT2D eigenvalue weighted by Gasteiger charge is 2.24. The van der Waals surface area contributed by atoms with Gasteiger partial charge in [0.1, 0.15) is 0 Å². The summed E-state index contributed by atoms with van der Waals surface area (Å²) in [6, 6.07) is 0. The maximum Gasteiger partial charge on any atom is 0.225 e. The lowest BCUT2D eigenvalue weighted by molar-refractivity contribution is 0.341. The van der Waals surface area contributed by atoms with Gasteiger partial charge < -0.3 is 4.52 Å². The molecule has 1 heterocycles. The predicted octanol–water partition coefficient (Wildman–Crippen LogP) is 2.61. The van der Waals surface area contributed by atoms with Crippen LogP contribution in [0, 0.1) is 0 Å². The molecule has 0 aromatic rings. The fourth-order valence-electron chi connectivity index (χ4n) is 1.12. The molecule has 0 aromatic carbocycles. The largest absolute Gasteiger partial charge is 0.326 e. The first-order chi connectivity index (χ1) is 4.66. The zero-order chi connectivity index (χ0) is 7.61. The van der Waals surface area contributed by atoms with Crippen molar-refractivity contribution in [1.82, 2.24) is 0 Å². The third kappa shape index (κ3) is 1.71. The average Bonchev–Trinajstić information content (AvgIpc) is 2.12. The van der Waals surface area contributed by atoms with Gasteiger partial charge in [0.15, 0.2) is 0 Å². The standard InChI is InChI=1S/C7H13O2P/c1-3-9-10(8)5-4-7(2)6-10/h6H,3-5H2,1-2H3. The van der Waals surface area contributed by atoms with Crippen LogP contribution in [0.4, 0.5) is 0 Å². The molecule has 1 rings (SSSR count). The van der Waals surface area contributed by atoms with E-state index in [1.54, 1.807) is 5.82 Å². The third-order valence-electron chi connectivity index (χ3n) is 1.58. The lowest BCUT2D eigenvalue weighted by Crippen LogP contribution is -1.86. The zero-order valence-electron chi connectivity index (χ0n) is 6.46. The van der Waals surface area contributed by atoms with Crippen molar-refractivity contribution in [3.05, 3.63) is 11.4 Å². The molecule has 0 saturated heterocycles. The van der Waals surface area contributed by atoms with Gasteiger partial charge >= 0.3 is 0 Å². The number of hydrogen-bond donors (Lipinski definition) is 0. The van der Waals surface area contributed by atoms with Gasteiger partial charge in [-0.3, -0.25) is 4.57 Å². The third-order valence-corrected chi connectivity index (χ3v) is 3.96. The van der Waals surface area contributed by atoms with Gasteiger partial charge in [0.25, 0.3) is 0 Å². The summed E-state index contributed by atoms with van der Waals surface area (Å²) in [6.45, 7) is 4.43. The van der Waals surface area contributed by atoms with Crippen LogP contribution in [0.3, 0.4) is 0 Å². The molecular weight excluding hydrogens is 147 g/mol. The van der Waals surface area contributed by atoms with E-state index < -0.39 is 7.37 Å². The summed E-state index contributed by atoms with van der Waals surface area (Å²) in [4.78, 5) is 0. The van der Waals surface area contributed by atoms with Crippen LogP contribution in [0.5, 0.6) is 0 Å². The van der Waals surface area contributed by atoms with Crippen LogP contribution >= 0.6 is 7.37 Å². The van der Waals surface area contributed by atoms with Gasteiger partial charge in [0, 0.05) is 6.16 Å². The smallest absolute Gasteiger partial charge is 0.225 e. The molecule has 0 N–H and O–H groups in total. The molecule has 3 heteroatoms. The van der Waals surface area contributed by atoms with Crippen LogP contribution in [0.2, 0.25) is 0 Å². The molecule has 0 saturated carbocycles. The summed E-state index contributed by atoms with van der Waals surface area (Å²) in [5, 5.41) is 0. The summed E-state index contributed by atoms with van der Waals surface area (Å²) < 4.78 is 16.7. The minimum Gasteiger partial charge on any atom is -0.326 e. The topological polar surface area (TPSA) is 26.3 Å². The van der Waals surface area contributed by atoms with E-state index in [0.717, 1.165) is 6.42 Å². The minimum atomic E-state index is -2.29. The molecule has 58 valence electrons. The number of hydrogen-bond acceptors (Lipinski definition) is 2. The molecule has 10 heavy (non-hydrogen) atoms. The van der Waals surface area contributed by atoms with Gasteiger partial charge in [0.05, 0.1) is 6.61 Å². The highest BCUT2D eigenvalue weighted by atomic mass is 31.2. The molecule has 0 aliphatic carbocycles. The summed E-state index contributed by atoms with van der Waals surface area (Å²) in [7, 11) is -2.29. The van der Waals surface area contributed by atoms with Crippen molar-refractivity contribution in [3.8, 4) is 0 Å². The second-order valence-electron chi connectivity index (χ2n) is 2.59. The van der Waals surface area contributed by atoms with Crippen LogP contribution in [-0.2, 0) is 9.09 Å². The fourth-order valence-corrected chi connectivity index (χ4v) is 3.35. The van der Waals surface area contributed by atoms with Crippen molar-refractivity contribution in [2.45, 2.75) is 20.3 Å². The van der Waals surface area contributed by atoms with Crippen molar-refractivity contribution >= 4 is 7.37 Å². The van der Waals surface area contributed by atoms with Crippen LogP contribution in [-0.4, -0.2) is 12.8 Å². The zero-order valence-corrected chi connectivity index (χ0v) is 7.36. The van der Waals surface area contributed by atoms with E-state index in [1.807, 2.05) is 13.8 Å². The predicted molar refractivity (Wildman–Crippen MR) is 42.5 cm³/mol. The van der Waals surface area contributed by atoms with Gasteiger partial charge in [-0.1, -0.05) is 5.57 Å². The molecule has 1 aliphatic rings. The van der Waals surface area contributed by atoms with Crippen molar-refractivity contribution in [2.24, 2.45) is 0 Å². The molecule has 0 aromatic heterocycles. The van der Waals surface area contributed by atoms with Crippen LogP contribution in [0.1, 0.15) is 20.3 Å². The molecule has 0 fully saturated rings. The van der Waals surface area contributed by atoms with Crippen LogP contribution in [0.15, 0.2) is 11.4 Å². The Morgan fingerprint density at radius 3 is 2.90 bits per heavy atom. The SMILES string of the molecule is CCOP1(=O)C=C(C)CC1. The van der Waals surface area contributed by atoms with E-state index in [2.05, 4.69) is 0 Å². The average molecular weight is 160 g/mol. The summed E-state index contributed by atoms with van der Waals surface area (Å²) in [5.41, 5.74) is 1.21. The van der Waals surface area contributed by atoms with Crippen molar-refractivity contribution in [3.63, 3.8) is 0 Å². The summed E-state index contributed by atoms with van der Waals surface area (Å²) >= 11 is 0. The first-order valence-electron chi connectivity index (χ1n) is 3.58. The Bertz CT molecular complexity index is 196. The fraction of sp³-hybridized carbons (Fsp3) is 0.714. The first kappa shape index (κ1) is 8.03. The first-order valence-corrected chi connectivity index (χ1v) is 5.46. The van der Waals surface area contributed by atoms with E-state index in [-0.39, 0.29) is 0 Å². The highest BCUT2D eigenvalue weighted by Crippen LogP contribution is 2.54. The Hall–Kier alpha value is -0.0700. The monoisotopic (exact) mass is 160 g/mol. The highest BCUT2D eigenvalue weighted by molar-refractivity contribution is 7.62. The summed E-state index contributed by atoms with van der Waals surface area (Å²) in [5.74, 6) is 1.80. The Balaban J connectivity index is 2.64. The molecular formula is C7H13O2P. The van der Waals surface area contributed by atoms with Crippen LogP contribution < -0.4 is 0 Å². The molecule has 0 spiro atoms.